The zero-order chi connectivity index (χ0) is 34.6. The molecule has 0 atom stereocenters. The predicted molar refractivity (Wildman–Crippen MR) is 214 cm³/mol. The molecule has 252 valence electrons. The average molecular weight is 673 g/mol. The van der Waals surface area contributed by atoms with Gasteiger partial charge < -0.3 is 0 Å². The summed E-state index contributed by atoms with van der Waals surface area (Å²) < 4.78 is 0. The van der Waals surface area contributed by atoms with E-state index in [1.54, 1.807) is 22.3 Å². The molecule has 1 aliphatic heterocycles. The van der Waals surface area contributed by atoms with Crippen LogP contribution in [-0.4, -0.2) is 0 Å². The van der Waals surface area contributed by atoms with Gasteiger partial charge in [-0.1, -0.05) is 132 Å². The molecule has 0 aromatic heterocycles. The summed E-state index contributed by atoms with van der Waals surface area (Å²) in [6.45, 7) is 28.6. The van der Waals surface area contributed by atoms with E-state index in [1.165, 1.54) is 66.8 Å². The van der Waals surface area contributed by atoms with Crippen LogP contribution in [0.3, 0.4) is 0 Å². The lowest BCUT2D eigenvalue weighted by atomic mass is 9.81. The first-order valence-electron chi connectivity index (χ1n) is 18.1. The molecule has 0 saturated carbocycles. The first kappa shape index (κ1) is 34.0. The van der Waals surface area contributed by atoms with Gasteiger partial charge in [0.15, 0.2) is 0 Å². The van der Waals surface area contributed by atoms with E-state index in [-0.39, 0.29) is 21.7 Å². The molecule has 0 radical (unpaired) electrons. The first-order valence-corrected chi connectivity index (χ1v) is 20.4. The fourth-order valence-electron chi connectivity index (χ4n) is 8.23. The van der Waals surface area contributed by atoms with E-state index in [4.69, 9.17) is 0 Å². The fourth-order valence-corrected chi connectivity index (χ4v) is 10.3. The minimum atomic E-state index is 0.0886. The highest BCUT2D eigenvalue weighted by atomic mass is 32.2. The number of fused-ring (bicyclic) bond motifs is 4. The monoisotopic (exact) mass is 672 g/mol. The first-order chi connectivity index (χ1) is 22.3. The normalized spacial score (nSPS) is 16.1. The maximum Gasteiger partial charge on any atom is 0.0191 e. The van der Waals surface area contributed by atoms with Gasteiger partial charge in [0.1, 0.15) is 0 Å². The van der Waals surface area contributed by atoms with Gasteiger partial charge in [0.2, 0.25) is 0 Å². The summed E-state index contributed by atoms with van der Waals surface area (Å²) in [7, 11) is 0. The summed E-state index contributed by atoms with van der Waals surface area (Å²) >= 11 is 4.23. The number of rotatable bonds is 0. The lowest BCUT2D eigenvalue weighted by Crippen LogP contribution is -2.15. The summed E-state index contributed by atoms with van der Waals surface area (Å²) in [5.74, 6) is 4.20. The van der Waals surface area contributed by atoms with Gasteiger partial charge >= 0.3 is 0 Å². The van der Waals surface area contributed by atoms with Crippen LogP contribution in [-0.2, 0) is 57.5 Å². The van der Waals surface area contributed by atoms with E-state index >= 15 is 0 Å². The van der Waals surface area contributed by atoms with Crippen LogP contribution >= 0.6 is 23.5 Å². The maximum atomic E-state index is 2.60. The van der Waals surface area contributed by atoms with Gasteiger partial charge in [-0.25, -0.2) is 0 Å². The second-order valence-corrected chi connectivity index (χ2v) is 21.0. The van der Waals surface area contributed by atoms with E-state index in [2.05, 4.69) is 155 Å². The third kappa shape index (κ3) is 6.12. The molecule has 48 heavy (non-hydrogen) atoms. The van der Waals surface area contributed by atoms with Gasteiger partial charge in [0.25, 0.3) is 0 Å². The largest absolute Gasteiger partial charge is 0.152 e. The topological polar surface area (TPSA) is 0 Å². The molecule has 2 aliphatic carbocycles. The van der Waals surface area contributed by atoms with Crippen molar-refractivity contribution >= 4 is 23.5 Å². The van der Waals surface area contributed by atoms with Crippen molar-refractivity contribution in [2.75, 3.05) is 0 Å². The van der Waals surface area contributed by atoms with Gasteiger partial charge in [-0.05, 0) is 124 Å². The smallest absolute Gasteiger partial charge is 0.0191 e. The Labute approximate surface area is 300 Å². The molecule has 4 aromatic carbocycles. The summed E-state index contributed by atoms with van der Waals surface area (Å²) in [6, 6.07) is 20.6. The standard InChI is InChI=1S/C46H56S2/c1-43(2,3)33-15-29-23-47-24-30-16-34(44(4,5)6)20-40-36(30)18-28-14-32(42(22-38(28)40)46(10,11)12)26-48-25-31-13-27-17-35(29)39(19-33)37(27)21-41(31)45(7,8)9/h13-16,19-22H,17-18,23-26H2,1-12H3. The Balaban J connectivity index is 1.42. The number of thioether (sulfide) groups is 2. The van der Waals surface area contributed by atoms with Gasteiger partial charge in [0, 0.05) is 23.0 Å². The Morgan fingerprint density at radius 3 is 1.04 bits per heavy atom. The van der Waals surface area contributed by atoms with E-state index in [9.17, 15) is 0 Å². The Morgan fingerprint density at radius 2 is 0.708 bits per heavy atom. The number of hydrogen-bond donors (Lipinski definition) is 0. The van der Waals surface area contributed by atoms with E-state index < -0.39 is 0 Å². The van der Waals surface area contributed by atoms with Crippen molar-refractivity contribution in [3.05, 3.63) is 115 Å². The maximum absolute atomic E-state index is 2.60. The Kier molecular flexibility index (Phi) is 8.20. The van der Waals surface area contributed by atoms with Crippen LogP contribution < -0.4 is 0 Å². The number of benzene rings is 4. The Bertz CT molecular complexity index is 1800. The molecule has 2 heteroatoms. The third-order valence-electron chi connectivity index (χ3n) is 11.0. The second-order valence-electron chi connectivity index (χ2n) is 19.0. The molecule has 3 aliphatic rings. The Hall–Kier alpha value is -2.42. The summed E-state index contributed by atoms with van der Waals surface area (Å²) in [5.41, 5.74) is 24.6. The quantitative estimate of drug-likeness (QED) is 0.157. The molecule has 7 rings (SSSR count). The van der Waals surface area contributed by atoms with Crippen molar-refractivity contribution in [2.45, 2.75) is 141 Å². The van der Waals surface area contributed by atoms with Gasteiger partial charge in [-0.3, -0.25) is 0 Å². The van der Waals surface area contributed by atoms with Crippen LogP contribution in [0.1, 0.15) is 150 Å². The minimum absolute atomic E-state index is 0.0886. The molecular formula is C46H56S2. The van der Waals surface area contributed by atoms with Crippen LogP contribution in [0.15, 0.2) is 48.5 Å². The van der Waals surface area contributed by atoms with Crippen molar-refractivity contribution in [1.82, 2.24) is 0 Å². The molecule has 0 amide bonds. The summed E-state index contributed by atoms with van der Waals surface area (Å²) in [4.78, 5) is 0. The van der Waals surface area contributed by atoms with Crippen molar-refractivity contribution < 1.29 is 0 Å². The highest BCUT2D eigenvalue weighted by molar-refractivity contribution is 7.98. The van der Waals surface area contributed by atoms with Crippen molar-refractivity contribution in [2.24, 2.45) is 0 Å². The van der Waals surface area contributed by atoms with Crippen molar-refractivity contribution in [3.63, 3.8) is 0 Å². The van der Waals surface area contributed by atoms with Gasteiger partial charge in [0.05, 0.1) is 0 Å². The molecule has 0 unspecified atom stereocenters. The molecule has 6 bridgehead atoms. The third-order valence-corrected chi connectivity index (χ3v) is 13.1. The molecule has 0 fully saturated rings. The molecule has 0 saturated heterocycles. The van der Waals surface area contributed by atoms with Gasteiger partial charge in [-0.2, -0.15) is 23.5 Å². The molecule has 0 N–H and O–H groups in total. The van der Waals surface area contributed by atoms with Crippen LogP contribution in [0, 0.1) is 0 Å². The van der Waals surface area contributed by atoms with Crippen LogP contribution in [0.2, 0.25) is 0 Å². The number of hydrogen-bond acceptors (Lipinski definition) is 2. The predicted octanol–water partition coefficient (Wildman–Crippen LogP) is 13.2. The van der Waals surface area contributed by atoms with Crippen LogP contribution in [0.25, 0.3) is 22.3 Å². The van der Waals surface area contributed by atoms with Crippen LogP contribution in [0.4, 0.5) is 0 Å². The van der Waals surface area contributed by atoms with Crippen molar-refractivity contribution in [1.29, 1.82) is 0 Å². The molecule has 1 heterocycles. The van der Waals surface area contributed by atoms with Gasteiger partial charge in [-0.15, -0.1) is 0 Å². The van der Waals surface area contributed by atoms with E-state index in [1.807, 2.05) is 0 Å². The van der Waals surface area contributed by atoms with E-state index in [0.29, 0.717) is 0 Å². The van der Waals surface area contributed by atoms with Crippen LogP contribution in [0.5, 0.6) is 0 Å². The van der Waals surface area contributed by atoms with Crippen molar-refractivity contribution in [3.8, 4) is 22.3 Å². The average Bonchev–Trinajstić information content (AvgIpc) is 3.51. The fraction of sp³-hybridized carbons (Fsp3) is 0.478. The SMILES string of the molecule is CC(C)(C)c1cc2c3c(c1)-c1cc(C(C)(C)C)c(cc1C3)CSCc1cc3c(cc1C(C)(C)C)-c1cc(C(C)(C)C)cc(c1C3)CSC2. The summed E-state index contributed by atoms with van der Waals surface area (Å²) in [6.07, 6.45) is 2.11. The zero-order valence-corrected chi connectivity index (χ0v) is 33.3. The minimum Gasteiger partial charge on any atom is -0.152 e. The van der Waals surface area contributed by atoms with E-state index in [0.717, 1.165) is 35.9 Å². The molecule has 4 aromatic rings. The second kappa shape index (κ2) is 11.6. The highest BCUT2D eigenvalue weighted by Crippen LogP contribution is 2.48. The lowest BCUT2D eigenvalue weighted by Gasteiger charge is -2.26. The highest BCUT2D eigenvalue weighted by Gasteiger charge is 2.31. The zero-order valence-electron chi connectivity index (χ0n) is 31.7. The lowest BCUT2D eigenvalue weighted by molar-refractivity contribution is 0.585. The molecular weight excluding hydrogens is 617 g/mol. The molecule has 0 spiro atoms. The molecule has 0 nitrogen and oxygen atoms in total. The summed E-state index contributed by atoms with van der Waals surface area (Å²) in [5, 5.41) is 0. The Morgan fingerprint density at radius 1 is 0.354 bits per heavy atom.